The van der Waals surface area contributed by atoms with Gasteiger partial charge in [0.25, 0.3) is 0 Å². The van der Waals surface area contributed by atoms with E-state index in [4.69, 9.17) is 28.2 Å². The highest BCUT2D eigenvalue weighted by Crippen LogP contribution is 2.32. The Bertz CT molecular complexity index is 1250. The van der Waals surface area contributed by atoms with Gasteiger partial charge in [0.1, 0.15) is 5.82 Å². The van der Waals surface area contributed by atoms with Crippen molar-refractivity contribution in [3.63, 3.8) is 0 Å². The molecule has 4 aromatic rings. The monoisotopic (exact) mass is 544 g/mol. The highest BCUT2D eigenvalue weighted by Gasteiger charge is 2.24. The number of pyridine rings is 1. The molecule has 33 heavy (non-hydrogen) atoms. The highest BCUT2D eigenvalue weighted by atomic mass is 79.9. The lowest BCUT2D eigenvalue weighted by Gasteiger charge is -2.32. The summed E-state index contributed by atoms with van der Waals surface area (Å²) in [5, 5.41) is 9.40. The highest BCUT2D eigenvalue weighted by molar-refractivity contribution is 9.10. The van der Waals surface area contributed by atoms with Crippen molar-refractivity contribution >= 4 is 50.6 Å². The summed E-state index contributed by atoms with van der Waals surface area (Å²) in [5.74, 6) is 1.33. The van der Waals surface area contributed by atoms with Crippen LogP contribution in [-0.2, 0) is 13.1 Å². The van der Waals surface area contributed by atoms with Gasteiger partial charge in [-0.2, -0.15) is 9.61 Å². The minimum absolute atomic E-state index is 0.396. The quantitative estimate of drug-likeness (QED) is 0.313. The maximum absolute atomic E-state index is 6.38. The van der Waals surface area contributed by atoms with Crippen LogP contribution in [0.4, 0.5) is 5.82 Å². The van der Waals surface area contributed by atoms with Crippen molar-refractivity contribution in [2.75, 3.05) is 18.4 Å². The van der Waals surface area contributed by atoms with Crippen molar-refractivity contribution in [2.24, 2.45) is 0 Å². The van der Waals surface area contributed by atoms with Gasteiger partial charge in [-0.1, -0.05) is 35.3 Å². The molecule has 0 saturated carbocycles. The molecular formula is C24H23BrCl2N6. The first-order valence-corrected chi connectivity index (χ1v) is 12.4. The topological polar surface area (TPSA) is 58.4 Å². The average Bonchev–Trinajstić information content (AvgIpc) is 3.21. The summed E-state index contributed by atoms with van der Waals surface area (Å²) in [5.41, 5.74) is 4.16. The number of nitrogens with zero attached hydrogens (tertiary/aromatic N) is 5. The normalized spacial score (nSPS) is 15.2. The molecule has 4 heterocycles. The van der Waals surface area contributed by atoms with Crippen molar-refractivity contribution in [1.29, 1.82) is 0 Å². The van der Waals surface area contributed by atoms with E-state index in [0.29, 0.717) is 17.5 Å². The first kappa shape index (κ1) is 22.6. The van der Waals surface area contributed by atoms with Crippen molar-refractivity contribution in [3.05, 3.63) is 86.3 Å². The van der Waals surface area contributed by atoms with Crippen LogP contribution in [0, 0.1) is 0 Å². The Morgan fingerprint density at radius 2 is 1.94 bits per heavy atom. The van der Waals surface area contributed by atoms with Crippen LogP contribution in [0.3, 0.4) is 0 Å². The second kappa shape index (κ2) is 9.97. The third kappa shape index (κ3) is 5.17. The molecule has 0 radical (unpaired) electrons. The average molecular weight is 546 g/mol. The summed E-state index contributed by atoms with van der Waals surface area (Å²) in [7, 11) is 0. The minimum Gasteiger partial charge on any atom is -0.366 e. The molecule has 1 fully saturated rings. The number of benzene rings is 1. The standard InChI is InChI=1S/C24H23BrCl2N6/c25-20-14-30-33-23(29-13-16-2-1-7-28-12-16)11-22(31-24(20)33)17-5-8-32(9-6-17)15-18-3-4-19(26)10-21(18)27/h1-4,7,10-12,14,17,29H,5-6,8-9,13,15H2. The fourth-order valence-electron chi connectivity index (χ4n) is 4.26. The minimum atomic E-state index is 0.396. The van der Waals surface area contributed by atoms with Gasteiger partial charge in [-0.25, -0.2) is 4.98 Å². The summed E-state index contributed by atoms with van der Waals surface area (Å²) in [6.07, 6.45) is 7.53. The number of anilines is 1. The van der Waals surface area contributed by atoms with Crippen molar-refractivity contribution in [3.8, 4) is 0 Å². The Hall–Kier alpha value is -2.19. The molecule has 1 N–H and O–H groups in total. The predicted octanol–water partition coefficient (Wildman–Crippen LogP) is 6.19. The fraction of sp³-hybridized carbons (Fsp3) is 0.292. The van der Waals surface area contributed by atoms with E-state index in [1.54, 1.807) is 12.4 Å². The van der Waals surface area contributed by atoms with Gasteiger partial charge in [0.05, 0.1) is 10.7 Å². The number of halogens is 3. The van der Waals surface area contributed by atoms with Crippen LogP contribution >= 0.6 is 39.1 Å². The van der Waals surface area contributed by atoms with Crippen LogP contribution in [0.5, 0.6) is 0 Å². The second-order valence-electron chi connectivity index (χ2n) is 8.30. The van der Waals surface area contributed by atoms with Gasteiger partial charge in [-0.3, -0.25) is 9.88 Å². The van der Waals surface area contributed by atoms with Crippen molar-refractivity contribution in [2.45, 2.75) is 31.8 Å². The third-order valence-corrected chi connectivity index (χ3v) is 7.21. The molecule has 0 unspecified atom stereocenters. The van der Waals surface area contributed by atoms with Gasteiger partial charge in [0.2, 0.25) is 0 Å². The van der Waals surface area contributed by atoms with E-state index in [9.17, 15) is 0 Å². The molecular weight excluding hydrogens is 523 g/mol. The molecule has 6 nitrogen and oxygen atoms in total. The van der Waals surface area contributed by atoms with Crippen LogP contribution < -0.4 is 5.32 Å². The summed E-state index contributed by atoms with van der Waals surface area (Å²) in [6.45, 7) is 3.50. The van der Waals surface area contributed by atoms with E-state index in [2.05, 4.69) is 48.4 Å². The molecule has 0 amide bonds. The summed E-state index contributed by atoms with van der Waals surface area (Å²) in [4.78, 5) is 11.6. The number of rotatable bonds is 6. The molecule has 0 aliphatic carbocycles. The predicted molar refractivity (Wildman–Crippen MR) is 136 cm³/mol. The number of piperidine rings is 1. The molecule has 1 saturated heterocycles. The SMILES string of the molecule is Clc1ccc(CN2CCC(c3cc(NCc4cccnc4)n4ncc(Br)c4n3)CC2)c(Cl)c1. The van der Waals surface area contributed by atoms with E-state index >= 15 is 0 Å². The number of fused-ring (bicyclic) bond motifs is 1. The van der Waals surface area contributed by atoms with Gasteiger partial charge in [0.15, 0.2) is 5.65 Å². The van der Waals surface area contributed by atoms with Crippen LogP contribution in [0.1, 0.15) is 35.6 Å². The molecule has 0 atom stereocenters. The zero-order valence-corrected chi connectivity index (χ0v) is 21.0. The number of aromatic nitrogens is 4. The summed E-state index contributed by atoms with van der Waals surface area (Å²) < 4.78 is 2.74. The zero-order chi connectivity index (χ0) is 22.8. The van der Waals surface area contributed by atoms with Gasteiger partial charge >= 0.3 is 0 Å². The number of hydrogen-bond acceptors (Lipinski definition) is 5. The van der Waals surface area contributed by atoms with Crippen LogP contribution in [-0.4, -0.2) is 37.6 Å². The maximum atomic E-state index is 6.38. The Kier molecular flexibility index (Phi) is 6.83. The van der Waals surface area contributed by atoms with E-state index < -0.39 is 0 Å². The number of nitrogens with one attached hydrogen (secondary N) is 1. The van der Waals surface area contributed by atoms with E-state index in [-0.39, 0.29) is 0 Å². The molecule has 1 aliphatic heterocycles. The lowest BCUT2D eigenvalue weighted by atomic mass is 9.93. The lowest BCUT2D eigenvalue weighted by Crippen LogP contribution is -2.32. The summed E-state index contributed by atoms with van der Waals surface area (Å²) in [6, 6.07) is 11.9. The van der Waals surface area contributed by atoms with Crippen molar-refractivity contribution < 1.29 is 0 Å². The van der Waals surface area contributed by atoms with Crippen LogP contribution in [0.2, 0.25) is 10.0 Å². The Balaban J connectivity index is 1.31. The largest absolute Gasteiger partial charge is 0.366 e. The molecule has 9 heteroatoms. The molecule has 0 bridgehead atoms. The second-order valence-corrected chi connectivity index (χ2v) is 9.99. The number of likely N-dealkylation sites (tertiary alicyclic amines) is 1. The van der Waals surface area contributed by atoms with Crippen LogP contribution in [0.25, 0.3) is 5.65 Å². The maximum Gasteiger partial charge on any atom is 0.171 e. The Morgan fingerprint density at radius 1 is 1.09 bits per heavy atom. The first-order valence-electron chi connectivity index (χ1n) is 10.9. The molecule has 170 valence electrons. The van der Waals surface area contributed by atoms with Crippen molar-refractivity contribution in [1.82, 2.24) is 24.5 Å². The van der Waals surface area contributed by atoms with Gasteiger partial charge in [-0.05, 0) is 71.2 Å². The third-order valence-electron chi connectivity index (χ3n) is 6.06. The van der Waals surface area contributed by atoms with Gasteiger partial charge in [0, 0.05) is 53.2 Å². The zero-order valence-electron chi connectivity index (χ0n) is 17.9. The van der Waals surface area contributed by atoms with Crippen LogP contribution in [0.15, 0.2) is 59.5 Å². The molecule has 0 spiro atoms. The molecule has 1 aliphatic rings. The van der Waals surface area contributed by atoms with E-state index in [0.717, 1.165) is 70.3 Å². The molecule has 1 aromatic carbocycles. The summed E-state index contributed by atoms with van der Waals surface area (Å²) >= 11 is 16.0. The van der Waals surface area contributed by atoms with Gasteiger partial charge in [-0.15, -0.1) is 0 Å². The first-order chi connectivity index (χ1) is 16.1. The molecule has 5 rings (SSSR count). The van der Waals surface area contributed by atoms with E-state index in [1.165, 1.54) is 0 Å². The van der Waals surface area contributed by atoms with Gasteiger partial charge < -0.3 is 5.32 Å². The smallest absolute Gasteiger partial charge is 0.171 e. The lowest BCUT2D eigenvalue weighted by molar-refractivity contribution is 0.203. The fourth-order valence-corrected chi connectivity index (χ4v) is 5.08. The Labute approximate surface area is 211 Å². The Morgan fingerprint density at radius 3 is 2.70 bits per heavy atom. The molecule has 3 aromatic heterocycles. The number of hydrogen-bond donors (Lipinski definition) is 1. The van der Waals surface area contributed by atoms with E-state index in [1.807, 2.05) is 35.0 Å².